The summed E-state index contributed by atoms with van der Waals surface area (Å²) in [5, 5.41) is 20.6. The van der Waals surface area contributed by atoms with E-state index in [1.165, 1.54) is 69.9 Å². The first kappa shape index (κ1) is 24.1. The predicted molar refractivity (Wildman–Crippen MR) is 93.0 cm³/mol. The van der Waals surface area contributed by atoms with Crippen molar-refractivity contribution < 1.29 is 66.4 Å². The molecular formula is C20H31KO3. The Kier molecular flexibility index (Phi) is 15.5. The average molecular weight is 359 g/mol. The Morgan fingerprint density at radius 2 is 1.42 bits per heavy atom. The molecule has 0 unspecified atom stereocenters. The first-order valence-electron chi connectivity index (χ1n) is 9.18. The van der Waals surface area contributed by atoms with Crippen LogP contribution < -0.4 is 56.5 Å². The summed E-state index contributed by atoms with van der Waals surface area (Å²) >= 11 is 0. The Bertz CT molecular complexity index is 460. The Balaban J connectivity index is 0.00000529. The smallest absolute Gasteiger partial charge is 0.872 e. The average Bonchev–Trinajstić information content (AvgIpc) is 2.53. The first-order valence-corrected chi connectivity index (χ1v) is 9.18. The molecule has 0 atom stereocenters. The Hall–Kier alpha value is 0.126. The number of carboxylic acids is 1. The number of hydrogen-bond acceptors (Lipinski definition) is 2. The molecule has 0 spiro atoms. The van der Waals surface area contributed by atoms with Crippen molar-refractivity contribution in [2.24, 2.45) is 0 Å². The largest absolute Gasteiger partial charge is 1.00 e. The minimum absolute atomic E-state index is 0. The maximum absolute atomic E-state index is 11.8. The third kappa shape index (κ3) is 10.9. The van der Waals surface area contributed by atoms with E-state index >= 15 is 0 Å². The molecule has 0 aliphatic carbocycles. The molecule has 0 radical (unpaired) electrons. The zero-order valence-corrected chi connectivity index (χ0v) is 18.6. The molecule has 1 N–H and O–H groups in total. The van der Waals surface area contributed by atoms with Gasteiger partial charge in [0.25, 0.3) is 0 Å². The fourth-order valence-corrected chi connectivity index (χ4v) is 2.87. The summed E-state index contributed by atoms with van der Waals surface area (Å²) in [7, 11) is 0. The Labute approximate surface area is 189 Å². The maximum atomic E-state index is 11.8. The van der Waals surface area contributed by atoms with Crippen molar-refractivity contribution in [3.8, 4) is 5.75 Å². The molecule has 0 saturated heterocycles. The van der Waals surface area contributed by atoms with E-state index in [4.69, 9.17) is 5.11 Å². The van der Waals surface area contributed by atoms with Gasteiger partial charge in [0.15, 0.2) is 0 Å². The van der Waals surface area contributed by atoms with E-state index in [1.807, 2.05) is 0 Å². The summed E-state index contributed by atoms with van der Waals surface area (Å²) in [5.41, 5.74) is 0.823. The molecule has 0 fully saturated rings. The van der Waals surface area contributed by atoms with Crippen molar-refractivity contribution in [3.63, 3.8) is 0 Å². The van der Waals surface area contributed by atoms with Crippen LogP contribution in [0.1, 0.15) is 93.5 Å². The zero-order chi connectivity index (χ0) is 16.9. The molecule has 130 valence electrons. The molecule has 0 aromatic heterocycles. The van der Waals surface area contributed by atoms with E-state index in [0.717, 1.165) is 24.8 Å². The van der Waals surface area contributed by atoms with Gasteiger partial charge in [0.2, 0.25) is 0 Å². The van der Waals surface area contributed by atoms with Crippen LogP contribution in [-0.2, 0) is 6.42 Å². The SMILES string of the molecule is CCCCCCCCCCCCCc1ccc(C(=O)O)cc1[O-].[K+]. The Morgan fingerprint density at radius 3 is 1.88 bits per heavy atom. The van der Waals surface area contributed by atoms with E-state index in [-0.39, 0.29) is 62.7 Å². The van der Waals surface area contributed by atoms with Gasteiger partial charge in [-0.05, 0) is 18.9 Å². The van der Waals surface area contributed by atoms with Gasteiger partial charge >= 0.3 is 57.4 Å². The van der Waals surface area contributed by atoms with Gasteiger partial charge in [-0.3, -0.25) is 0 Å². The van der Waals surface area contributed by atoms with E-state index in [2.05, 4.69) is 6.92 Å². The quantitative estimate of drug-likeness (QED) is 0.435. The van der Waals surface area contributed by atoms with Crippen LogP contribution in [0.25, 0.3) is 0 Å². The first-order chi connectivity index (χ1) is 11.1. The molecule has 1 rings (SSSR count). The van der Waals surface area contributed by atoms with Crippen LogP contribution in [0.4, 0.5) is 0 Å². The third-order valence-electron chi connectivity index (χ3n) is 4.36. The second kappa shape index (κ2) is 15.4. The van der Waals surface area contributed by atoms with Crippen molar-refractivity contribution in [2.75, 3.05) is 0 Å². The summed E-state index contributed by atoms with van der Waals surface area (Å²) in [4.78, 5) is 10.8. The number of carbonyl (C=O) groups is 1. The second-order valence-electron chi connectivity index (χ2n) is 6.41. The molecular weight excluding hydrogens is 327 g/mol. The molecule has 3 nitrogen and oxygen atoms in total. The van der Waals surface area contributed by atoms with Crippen LogP contribution in [0.2, 0.25) is 0 Å². The van der Waals surface area contributed by atoms with Gasteiger partial charge in [0.05, 0.1) is 5.56 Å². The van der Waals surface area contributed by atoms with Crippen LogP contribution in [-0.4, -0.2) is 11.1 Å². The van der Waals surface area contributed by atoms with E-state index in [0.29, 0.717) is 0 Å². The van der Waals surface area contributed by atoms with Crippen molar-refractivity contribution in [1.29, 1.82) is 0 Å². The van der Waals surface area contributed by atoms with Gasteiger partial charge in [-0.2, -0.15) is 0 Å². The molecule has 0 heterocycles. The van der Waals surface area contributed by atoms with E-state index < -0.39 is 5.97 Å². The standard InChI is InChI=1S/C20H32O3.K/c1-2-3-4-5-6-7-8-9-10-11-12-13-17-14-15-18(20(22)23)16-19(17)21;/h14-16,21H,2-13H2,1H3,(H,22,23);/q;+1/p-1. The summed E-state index contributed by atoms with van der Waals surface area (Å²) < 4.78 is 0. The summed E-state index contributed by atoms with van der Waals surface area (Å²) in [6.45, 7) is 2.25. The Morgan fingerprint density at radius 1 is 0.917 bits per heavy atom. The van der Waals surface area contributed by atoms with Crippen LogP contribution in [0.3, 0.4) is 0 Å². The van der Waals surface area contributed by atoms with Crippen molar-refractivity contribution >= 4 is 5.97 Å². The number of hydrogen-bond donors (Lipinski definition) is 1. The van der Waals surface area contributed by atoms with Crippen LogP contribution in [0, 0.1) is 0 Å². The number of aryl methyl sites for hydroxylation is 1. The third-order valence-corrected chi connectivity index (χ3v) is 4.36. The van der Waals surface area contributed by atoms with Crippen LogP contribution in [0.5, 0.6) is 5.75 Å². The predicted octanol–water partition coefficient (Wildman–Crippen LogP) is 2.32. The molecule has 1 aromatic rings. The second-order valence-corrected chi connectivity index (χ2v) is 6.41. The molecule has 0 amide bonds. The molecule has 0 aliphatic rings. The summed E-state index contributed by atoms with van der Waals surface area (Å²) in [6.07, 6.45) is 14.9. The fourth-order valence-electron chi connectivity index (χ4n) is 2.87. The normalized spacial score (nSPS) is 10.4. The van der Waals surface area contributed by atoms with Gasteiger partial charge in [-0.15, -0.1) is 5.75 Å². The van der Waals surface area contributed by atoms with Gasteiger partial charge in [-0.1, -0.05) is 88.8 Å². The number of benzene rings is 1. The molecule has 0 aliphatic heterocycles. The molecule has 1 aromatic carbocycles. The molecule has 0 bridgehead atoms. The monoisotopic (exact) mass is 358 g/mol. The van der Waals surface area contributed by atoms with E-state index in [1.54, 1.807) is 6.07 Å². The summed E-state index contributed by atoms with van der Waals surface area (Å²) in [5.74, 6) is -1.18. The van der Waals surface area contributed by atoms with Gasteiger partial charge in [0.1, 0.15) is 0 Å². The van der Waals surface area contributed by atoms with Gasteiger partial charge in [0, 0.05) is 0 Å². The number of aromatic carboxylic acids is 1. The minimum atomic E-state index is -1.04. The molecule has 0 saturated carbocycles. The van der Waals surface area contributed by atoms with Crippen molar-refractivity contribution in [3.05, 3.63) is 29.3 Å². The van der Waals surface area contributed by atoms with Crippen LogP contribution >= 0.6 is 0 Å². The number of unbranched alkanes of at least 4 members (excludes halogenated alkanes) is 10. The van der Waals surface area contributed by atoms with Crippen molar-refractivity contribution in [1.82, 2.24) is 0 Å². The number of rotatable bonds is 13. The van der Waals surface area contributed by atoms with Gasteiger partial charge < -0.3 is 10.2 Å². The topological polar surface area (TPSA) is 60.4 Å². The fraction of sp³-hybridized carbons (Fsp3) is 0.650. The molecule has 4 heteroatoms. The van der Waals surface area contributed by atoms with E-state index in [9.17, 15) is 9.90 Å². The minimum Gasteiger partial charge on any atom is -0.872 e. The van der Waals surface area contributed by atoms with Crippen molar-refractivity contribution in [2.45, 2.75) is 84.0 Å². The number of carboxylic acid groups (broad SMARTS) is 1. The summed E-state index contributed by atoms with van der Waals surface area (Å²) in [6, 6.07) is 4.43. The van der Waals surface area contributed by atoms with Gasteiger partial charge in [-0.25, -0.2) is 4.79 Å². The molecule has 24 heavy (non-hydrogen) atoms. The zero-order valence-electron chi connectivity index (χ0n) is 15.5. The maximum Gasteiger partial charge on any atom is 1.00 e. The van der Waals surface area contributed by atoms with Crippen LogP contribution in [0.15, 0.2) is 18.2 Å².